The van der Waals surface area contributed by atoms with E-state index in [1.807, 2.05) is 103 Å². The summed E-state index contributed by atoms with van der Waals surface area (Å²) in [4.78, 5) is 20.7. The summed E-state index contributed by atoms with van der Waals surface area (Å²) in [5.41, 5.74) is 5.94. The van der Waals surface area contributed by atoms with E-state index in [1.54, 1.807) is 0 Å². The van der Waals surface area contributed by atoms with Crippen LogP contribution in [-0.4, -0.2) is 9.97 Å². The molecule has 0 saturated carbocycles. The van der Waals surface area contributed by atoms with Crippen LogP contribution < -0.4 is 5.56 Å². The second-order valence-electron chi connectivity index (χ2n) is 6.96. The van der Waals surface area contributed by atoms with E-state index in [1.165, 1.54) is 0 Å². The van der Waals surface area contributed by atoms with Gasteiger partial charge in [0.15, 0.2) is 0 Å². The predicted molar refractivity (Wildman–Crippen MR) is 119 cm³/mol. The van der Waals surface area contributed by atoms with Gasteiger partial charge < -0.3 is 4.98 Å². The lowest BCUT2D eigenvalue weighted by atomic mass is 10.00. The summed E-state index contributed by atoms with van der Waals surface area (Å²) in [5.74, 6) is 0. The van der Waals surface area contributed by atoms with Gasteiger partial charge in [0.05, 0.1) is 11.4 Å². The molecule has 0 aliphatic carbocycles. The third-order valence-corrected chi connectivity index (χ3v) is 5.03. The largest absolute Gasteiger partial charge is 0.321 e. The SMILES string of the molecule is O=c1[nH]c2ccccc2cc1-c1cc(-c2ccccc2)nc(-c2ccccc2)c1. The van der Waals surface area contributed by atoms with E-state index in [2.05, 4.69) is 4.98 Å². The Morgan fingerprint density at radius 3 is 1.76 bits per heavy atom. The maximum Gasteiger partial charge on any atom is 0.256 e. The maximum atomic E-state index is 12.9. The molecule has 0 saturated heterocycles. The van der Waals surface area contributed by atoms with Gasteiger partial charge >= 0.3 is 0 Å². The molecule has 2 aromatic heterocycles. The average molecular weight is 374 g/mol. The Morgan fingerprint density at radius 2 is 1.14 bits per heavy atom. The number of para-hydroxylation sites is 1. The van der Waals surface area contributed by atoms with Crippen molar-refractivity contribution in [2.24, 2.45) is 0 Å². The fourth-order valence-electron chi connectivity index (χ4n) is 3.56. The average Bonchev–Trinajstić information content (AvgIpc) is 2.79. The number of nitrogens with zero attached hydrogens (tertiary/aromatic N) is 1. The number of pyridine rings is 2. The normalized spacial score (nSPS) is 10.9. The van der Waals surface area contributed by atoms with Crippen LogP contribution in [-0.2, 0) is 0 Å². The minimum atomic E-state index is -0.104. The smallest absolute Gasteiger partial charge is 0.256 e. The van der Waals surface area contributed by atoms with Crippen molar-refractivity contribution in [1.82, 2.24) is 9.97 Å². The van der Waals surface area contributed by atoms with Crippen molar-refractivity contribution in [1.29, 1.82) is 0 Å². The summed E-state index contributed by atoms with van der Waals surface area (Å²) < 4.78 is 0. The first kappa shape index (κ1) is 17.1. The highest BCUT2D eigenvalue weighted by atomic mass is 16.1. The van der Waals surface area contributed by atoms with Gasteiger partial charge in [-0.1, -0.05) is 78.9 Å². The molecule has 0 unspecified atom stereocenters. The topological polar surface area (TPSA) is 45.8 Å². The fraction of sp³-hybridized carbons (Fsp3) is 0. The molecule has 29 heavy (non-hydrogen) atoms. The predicted octanol–water partition coefficient (Wildman–Crippen LogP) is 5.92. The number of rotatable bonds is 3. The van der Waals surface area contributed by atoms with Crippen molar-refractivity contribution in [3.8, 4) is 33.6 Å². The van der Waals surface area contributed by atoms with Crippen molar-refractivity contribution < 1.29 is 0 Å². The quantitative estimate of drug-likeness (QED) is 0.426. The van der Waals surface area contributed by atoms with Crippen LogP contribution in [0.15, 0.2) is 108 Å². The Kier molecular flexibility index (Phi) is 4.26. The molecule has 0 fully saturated rings. The number of H-pyrrole nitrogens is 1. The lowest BCUT2D eigenvalue weighted by molar-refractivity contribution is 1.29. The van der Waals surface area contributed by atoms with Gasteiger partial charge in [0.1, 0.15) is 0 Å². The zero-order chi connectivity index (χ0) is 19.6. The molecule has 3 nitrogen and oxygen atoms in total. The molecule has 5 rings (SSSR count). The lowest BCUT2D eigenvalue weighted by Crippen LogP contribution is -2.09. The second-order valence-corrected chi connectivity index (χ2v) is 6.96. The van der Waals surface area contributed by atoms with E-state index in [9.17, 15) is 4.79 Å². The highest BCUT2D eigenvalue weighted by Gasteiger charge is 2.12. The molecule has 1 N–H and O–H groups in total. The van der Waals surface area contributed by atoms with Crippen LogP contribution in [0.5, 0.6) is 0 Å². The Bertz CT molecular complexity index is 1300. The molecule has 0 bridgehead atoms. The van der Waals surface area contributed by atoms with Gasteiger partial charge in [0.25, 0.3) is 5.56 Å². The fourth-order valence-corrected chi connectivity index (χ4v) is 3.56. The highest BCUT2D eigenvalue weighted by molar-refractivity contribution is 5.85. The van der Waals surface area contributed by atoms with E-state index in [0.29, 0.717) is 5.56 Å². The molecule has 5 aromatic rings. The third kappa shape index (κ3) is 3.34. The highest BCUT2D eigenvalue weighted by Crippen LogP contribution is 2.29. The molecule has 3 heteroatoms. The number of nitrogens with one attached hydrogen (secondary N) is 1. The first-order valence-corrected chi connectivity index (χ1v) is 9.53. The van der Waals surface area contributed by atoms with Gasteiger partial charge in [0.2, 0.25) is 0 Å². The zero-order valence-corrected chi connectivity index (χ0v) is 15.7. The molecule has 0 radical (unpaired) electrons. The monoisotopic (exact) mass is 374 g/mol. The van der Waals surface area contributed by atoms with Crippen molar-refractivity contribution in [3.63, 3.8) is 0 Å². The van der Waals surface area contributed by atoms with E-state index in [4.69, 9.17) is 4.98 Å². The van der Waals surface area contributed by atoms with Crippen molar-refractivity contribution in [3.05, 3.63) is 113 Å². The molecule has 3 aromatic carbocycles. The summed E-state index contributed by atoms with van der Waals surface area (Å²) in [5, 5.41) is 1.00. The summed E-state index contributed by atoms with van der Waals surface area (Å²) in [6.07, 6.45) is 0. The number of fused-ring (bicyclic) bond motifs is 1. The minimum Gasteiger partial charge on any atom is -0.321 e. The summed E-state index contributed by atoms with van der Waals surface area (Å²) in [6.45, 7) is 0. The number of benzene rings is 3. The van der Waals surface area contributed by atoms with Crippen LogP contribution in [0.25, 0.3) is 44.5 Å². The molecule has 0 atom stereocenters. The van der Waals surface area contributed by atoms with Crippen molar-refractivity contribution in [2.45, 2.75) is 0 Å². The van der Waals surface area contributed by atoms with Gasteiger partial charge in [0, 0.05) is 22.2 Å². The van der Waals surface area contributed by atoms with Crippen LogP contribution in [0.4, 0.5) is 0 Å². The molecule has 138 valence electrons. The van der Waals surface area contributed by atoms with Gasteiger partial charge in [-0.15, -0.1) is 0 Å². The maximum absolute atomic E-state index is 12.9. The molecule has 2 heterocycles. The Labute approximate surface area is 168 Å². The van der Waals surface area contributed by atoms with Gasteiger partial charge in [-0.2, -0.15) is 0 Å². The summed E-state index contributed by atoms with van der Waals surface area (Å²) in [7, 11) is 0. The lowest BCUT2D eigenvalue weighted by Gasteiger charge is -2.10. The third-order valence-electron chi connectivity index (χ3n) is 5.03. The van der Waals surface area contributed by atoms with Crippen LogP contribution in [0.1, 0.15) is 0 Å². The molecule has 0 aliphatic rings. The first-order valence-electron chi connectivity index (χ1n) is 9.53. The molecular formula is C26H18N2O. The number of aromatic nitrogens is 2. The van der Waals surface area contributed by atoms with Crippen LogP contribution >= 0.6 is 0 Å². The Morgan fingerprint density at radius 1 is 0.586 bits per heavy atom. The van der Waals surface area contributed by atoms with Gasteiger partial charge in [-0.3, -0.25) is 4.79 Å². The first-order chi connectivity index (χ1) is 14.3. The second kappa shape index (κ2) is 7.21. The zero-order valence-electron chi connectivity index (χ0n) is 15.7. The van der Waals surface area contributed by atoms with Crippen LogP contribution in [0, 0.1) is 0 Å². The molecule has 0 spiro atoms. The molecule has 0 amide bonds. The number of hydrogen-bond donors (Lipinski definition) is 1. The van der Waals surface area contributed by atoms with Crippen LogP contribution in [0.3, 0.4) is 0 Å². The van der Waals surface area contributed by atoms with Crippen molar-refractivity contribution >= 4 is 10.9 Å². The standard InChI is InChI=1S/C26H18N2O/c29-26-22(15-20-13-7-8-14-23(20)28-26)21-16-24(18-9-3-1-4-10-18)27-25(17-21)19-11-5-2-6-12-19/h1-17H,(H,28,29). The number of aromatic amines is 1. The van der Waals surface area contributed by atoms with E-state index < -0.39 is 0 Å². The number of hydrogen-bond acceptors (Lipinski definition) is 2. The summed E-state index contributed by atoms with van der Waals surface area (Å²) in [6, 6.07) is 33.8. The van der Waals surface area contributed by atoms with E-state index in [-0.39, 0.29) is 5.56 Å². The van der Waals surface area contributed by atoms with Gasteiger partial charge in [-0.25, -0.2) is 4.98 Å². The van der Waals surface area contributed by atoms with Crippen molar-refractivity contribution in [2.75, 3.05) is 0 Å². The van der Waals surface area contributed by atoms with E-state index in [0.717, 1.165) is 39.0 Å². The Hall–Kier alpha value is -3.98. The molecular weight excluding hydrogens is 356 g/mol. The molecule has 0 aliphatic heterocycles. The van der Waals surface area contributed by atoms with Crippen LogP contribution in [0.2, 0.25) is 0 Å². The minimum absolute atomic E-state index is 0.104. The Balaban J connectivity index is 1.76. The van der Waals surface area contributed by atoms with Gasteiger partial charge in [-0.05, 0) is 35.2 Å². The van der Waals surface area contributed by atoms with E-state index >= 15 is 0 Å². The summed E-state index contributed by atoms with van der Waals surface area (Å²) >= 11 is 0.